The second-order valence-corrected chi connectivity index (χ2v) is 4.09. The average molecular weight is 254 g/mol. The van der Waals surface area contributed by atoms with Crippen molar-refractivity contribution < 1.29 is 24.9 Å². The molecule has 0 aliphatic carbocycles. The Morgan fingerprint density at radius 2 is 2.11 bits per heavy atom. The number of nitrogens with zero attached hydrogens (tertiary/aromatic N) is 1. The maximum Gasteiger partial charge on any atom is 0.250 e. The highest BCUT2D eigenvalue weighted by Crippen LogP contribution is 2.32. The highest BCUT2D eigenvalue weighted by atomic mass is 16.6. The second-order valence-electron chi connectivity index (χ2n) is 4.09. The van der Waals surface area contributed by atoms with E-state index in [9.17, 15) is 15.0 Å². The van der Waals surface area contributed by atoms with Gasteiger partial charge in [0.05, 0.1) is 17.9 Å². The van der Waals surface area contributed by atoms with Crippen molar-refractivity contribution in [1.82, 2.24) is 4.98 Å². The lowest BCUT2D eigenvalue weighted by Crippen LogP contribution is -2.32. The third-order valence-corrected chi connectivity index (χ3v) is 2.90. The number of nitrogens with two attached hydrogens (primary N) is 1. The van der Waals surface area contributed by atoms with Gasteiger partial charge >= 0.3 is 0 Å². The van der Waals surface area contributed by atoms with Crippen molar-refractivity contribution in [1.29, 1.82) is 0 Å². The molecule has 1 aromatic rings. The SMILES string of the molecule is NC(=O)c1ccc([C@@H]2O[C@H](CO)[C@@H](O)[C@H]2O)nc1. The Morgan fingerprint density at radius 1 is 1.39 bits per heavy atom. The van der Waals surface area contributed by atoms with E-state index in [1.54, 1.807) is 0 Å². The number of hydrogen-bond donors (Lipinski definition) is 4. The molecular weight excluding hydrogens is 240 g/mol. The first-order valence-electron chi connectivity index (χ1n) is 5.42. The molecule has 0 aromatic carbocycles. The third kappa shape index (κ3) is 2.21. The van der Waals surface area contributed by atoms with Crippen LogP contribution in [-0.4, -0.2) is 51.1 Å². The summed E-state index contributed by atoms with van der Waals surface area (Å²) in [5.41, 5.74) is 5.68. The maximum atomic E-state index is 10.9. The van der Waals surface area contributed by atoms with Crippen molar-refractivity contribution >= 4 is 5.91 Å². The minimum atomic E-state index is -1.17. The summed E-state index contributed by atoms with van der Waals surface area (Å²) in [5, 5.41) is 28.3. The summed E-state index contributed by atoms with van der Waals surface area (Å²) in [6.45, 7) is -0.395. The van der Waals surface area contributed by atoms with E-state index in [0.717, 1.165) is 0 Å². The van der Waals surface area contributed by atoms with Crippen LogP contribution in [0.4, 0.5) is 0 Å². The summed E-state index contributed by atoms with van der Waals surface area (Å²) in [4.78, 5) is 14.8. The van der Waals surface area contributed by atoms with Crippen LogP contribution in [0.2, 0.25) is 0 Å². The lowest BCUT2D eigenvalue weighted by atomic mass is 10.1. The smallest absolute Gasteiger partial charge is 0.250 e. The Hall–Kier alpha value is -1.54. The number of carbonyl (C=O) groups is 1. The zero-order valence-corrected chi connectivity index (χ0v) is 9.43. The number of ether oxygens (including phenoxy) is 1. The van der Waals surface area contributed by atoms with Crippen LogP contribution in [0.5, 0.6) is 0 Å². The number of amides is 1. The van der Waals surface area contributed by atoms with E-state index in [0.29, 0.717) is 5.69 Å². The molecule has 2 heterocycles. The van der Waals surface area contributed by atoms with Crippen LogP contribution in [-0.2, 0) is 4.74 Å². The van der Waals surface area contributed by atoms with Crippen LogP contribution in [0.25, 0.3) is 0 Å². The van der Waals surface area contributed by atoms with E-state index in [1.165, 1.54) is 18.3 Å². The van der Waals surface area contributed by atoms with Gasteiger partial charge < -0.3 is 25.8 Å². The fraction of sp³-hybridized carbons (Fsp3) is 0.455. The summed E-state index contributed by atoms with van der Waals surface area (Å²) in [7, 11) is 0. The largest absolute Gasteiger partial charge is 0.394 e. The fourth-order valence-electron chi connectivity index (χ4n) is 1.86. The second kappa shape index (κ2) is 4.99. The molecule has 0 bridgehead atoms. The molecular formula is C11H14N2O5. The van der Waals surface area contributed by atoms with Crippen LogP contribution in [0.15, 0.2) is 18.3 Å². The zero-order valence-electron chi connectivity index (χ0n) is 9.43. The van der Waals surface area contributed by atoms with Gasteiger partial charge in [0, 0.05) is 6.20 Å². The fourth-order valence-corrected chi connectivity index (χ4v) is 1.86. The van der Waals surface area contributed by atoms with E-state index in [4.69, 9.17) is 15.6 Å². The molecule has 1 aliphatic heterocycles. The summed E-state index contributed by atoms with van der Waals surface area (Å²) in [6, 6.07) is 2.94. The monoisotopic (exact) mass is 254 g/mol. The highest BCUT2D eigenvalue weighted by Gasteiger charge is 2.43. The first-order chi connectivity index (χ1) is 8.54. The van der Waals surface area contributed by atoms with Gasteiger partial charge in [0.1, 0.15) is 24.4 Å². The number of hydrogen-bond acceptors (Lipinski definition) is 6. The normalized spacial score (nSPS) is 31.5. The van der Waals surface area contributed by atoms with E-state index in [-0.39, 0.29) is 5.56 Å². The van der Waals surface area contributed by atoms with Crippen LogP contribution in [0.3, 0.4) is 0 Å². The number of carbonyl (C=O) groups excluding carboxylic acids is 1. The van der Waals surface area contributed by atoms with Crippen molar-refractivity contribution in [3.63, 3.8) is 0 Å². The molecule has 5 N–H and O–H groups in total. The van der Waals surface area contributed by atoms with Crippen molar-refractivity contribution in [3.8, 4) is 0 Å². The number of aliphatic hydroxyl groups is 3. The zero-order chi connectivity index (χ0) is 13.3. The van der Waals surface area contributed by atoms with Gasteiger partial charge in [0.15, 0.2) is 0 Å². The summed E-state index contributed by atoms with van der Waals surface area (Å²) >= 11 is 0. The lowest BCUT2D eigenvalue weighted by molar-refractivity contribution is -0.0239. The topological polar surface area (TPSA) is 126 Å². The number of aliphatic hydroxyl groups excluding tert-OH is 3. The molecule has 0 radical (unpaired) electrons. The van der Waals surface area contributed by atoms with E-state index >= 15 is 0 Å². The molecule has 2 rings (SSSR count). The molecule has 1 aliphatic rings. The van der Waals surface area contributed by atoms with Gasteiger partial charge in [-0.15, -0.1) is 0 Å². The van der Waals surface area contributed by atoms with Gasteiger partial charge in [-0.3, -0.25) is 9.78 Å². The van der Waals surface area contributed by atoms with Crippen LogP contribution < -0.4 is 5.73 Å². The van der Waals surface area contributed by atoms with Gasteiger partial charge in [0.25, 0.3) is 0 Å². The van der Waals surface area contributed by atoms with E-state index in [2.05, 4.69) is 4.98 Å². The van der Waals surface area contributed by atoms with Crippen LogP contribution in [0.1, 0.15) is 22.2 Å². The molecule has 1 fully saturated rings. The molecule has 18 heavy (non-hydrogen) atoms. The summed E-state index contributed by atoms with van der Waals surface area (Å²) in [5.74, 6) is -0.602. The molecule has 7 heteroatoms. The van der Waals surface area contributed by atoms with Gasteiger partial charge in [-0.05, 0) is 12.1 Å². The van der Waals surface area contributed by atoms with Gasteiger partial charge in [-0.1, -0.05) is 0 Å². The van der Waals surface area contributed by atoms with Crippen molar-refractivity contribution in [2.24, 2.45) is 5.73 Å². The average Bonchev–Trinajstić information content (AvgIpc) is 2.66. The van der Waals surface area contributed by atoms with Crippen LogP contribution in [0, 0.1) is 0 Å². The molecule has 4 atom stereocenters. The van der Waals surface area contributed by atoms with Crippen molar-refractivity contribution in [2.45, 2.75) is 24.4 Å². The van der Waals surface area contributed by atoms with Crippen molar-refractivity contribution in [2.75, 3.05) is 6.61 Å². The molecule has 0 unspecified atom stereocenters. The van der Waals surface area contributed by atoms with E-state index in [1.807, 2.05) is 0 Å². The Morgan fingerprint density at radius 3 is 2.56 bits per heavy atom. The molecule has 0 saturated carbocycles. The van der Waals surface area contributed by atoms with Gasteiger partial charge in [-0.2, -0.15) is 0 Å². The Bertz CT molecular complexity index is 436. The number of aromatic nitrogens is 1. The molecule has 1 amide bonds. The number of pyridine rings is 1. The molecule has 1 aromatic heterocycles. The van der Waals surface area contributed by atoms with E-state index < -0.39 is 36.9 Å². The van der Waals surface area contributed by atoms with Gasteiger partial charge in [0.2, 0.25) is 5.91 Å². The quantitative estimate of drug-likeness (QED) is 0.511. The molecule has 1 saturated heterocycles. The predicted octanol–water partition coefficient (Wildman–Crippen LogP) is -1.67. The Kier molecular flexibility index (Phi) is 3.58. The number of primary amides is 1. The summed E-state index contributed by atoms with van der Waals surface area (Å²) < 4.78 is 5.29. The lowest BCUT2D eigenvalue weighted by Gasteiger charge is -2.13. The third-order valence-electron chi connectivity index (χ3n) is 2.90. The Balaban J connectivity index is 2.19. The first-order valence-corrected chi connectivity index (χ1v) is 5.42. The minimum Gasteiger partial charge on any atom is -0.394 e. The molecule has 98 valence electrons. The molecule has 0 spiro atoms. The minimum absolute atomic E-state index is 0.241. The van der Waals surface area contributed by atoms with Crippen LogP contribution >= 0.6 is 0 Å². The Labute approximate surface area is 103 Å². The van der Waals surface area contributed by atoms with Gasteiger partial charge in [-0.25, -0.2) is 0 Å². The molecule has 7 nitrogen and oxygen atoms in total. The highest BCUT2D eigenvalue weighted by molar-refractivity contribution is 5.92. The standard InChI is InChI=1S/C11H14N2O5/c12-11(17)5-1-2-6(13-3-5)10-9(16)8(15)7(4-14)18-10/h1-3,7-10,14-16H,4H2,(H2,12,17)/t7-,8-,9-,10+/m1/s1. The predicted molar refractivity (Wildman–Crippen MR) is 59.5 cm³/mol. The summed E-state index contributed by atoms with van der Waals surface area (Å²) in [6.07, 6.45) is -2.75. The number of rotatable bonds is 3. The maximum absolute atomic E-state index is 10.9. The van der Waals surface area contributed by atoms with Crippen molar-refractivity contribution in [3.05, 3.63) is 29.6 Å². The first kappa shape index (κ1) is 12.9.